The Bertz CT molecular complexity index is 985. The van der Waals surface area contributed by atoms with Crippen molar-refractivity contribution in [1.82, 2.24) is 0 Å². The van der Waals surface area contributed by atoms with E-state index in [1.54, 1.807) is 20.8 Å². The van der Waals surface area contributed by atoms with Gasteiger partial charge in [-0.2, -0.15) is 0 Å². The molecule has 1 aliphatic rings. The van der Waals surface area contributed by atoms with E-state index in [9.17, 15) is 19.1 Å². The lowest BCUT2D eigenvalue weighted by atomic mass is 9.66. The second-order valence-electron chi connectivity index (χ2n) is 7.90. The van der Waals surface area contributed by atoms with E-state index < -0.39 is 35.2 Å². The molecule has 0 saturated carbocycles. The maximum atomic E-state index is 13.7. The monoisotopic (exact) mass is 441 g/mol. The summed E-state index contributed by atoms with van der Waals surface area (Å²) in [5.74, 6) is -3.68. The van der Waals surface area contributed by atoms with Crippen molar-refractivity contribution < 1.29 is 28.6 Å². The molecule has 0 heterocycles. The molecule has 3 atom stereocenters. The van der Waals surface area contributed by atoms with Crippen LogP contribution in [-0.4, -0.2) is 35.9 Å². The normalized spacial score (nSPS) is 22.9. The second kappa shape index (κ2) is 9.96. The van der Waals surface area contributed by atoms with E-state index in [1.807, 2.05) is 30.3 Å². The van der Waals surface area contributed by atoms with Gasteiger partial charge in [0.1, 0.15) is 5.82 Å². The van der Waals surface area contributed by atoms with Gasteiger partial charge in [-0.05, 0) is 50.6 Å². The van der Waals surface area contributed by atoms with Crippen LogP contribution >= 0.6 is 0 Å². The Labute approximate surface area is 187 Å². The van der Waals surface area contributed by atoms with Crippen LogP contribution in [-0.2, 0) is 19.1 Å². The molecule has 0 fully saturated rings. The van der Waals surface area contributed by atoms with Crippen LogP contribution in [0.25, 0.3) is 0 Å². The average Bonchev–Trinajstić information content (AvgIpc) is 2.74. The lowest BCUT2D eigenvalue weighted by Gasteiger charge is -2.43. The van der Waals surface area contributed by atoms with E-state index in [2.05, 4.69) is 5.32 Å². The fourth-order valence-corrected chi connectivity index (χ4v) is 4.19. The zero-order chi connectivity index (χ0) is 23.3. The van der Waals surface area contributed by atoms with Gasteiger partial charge >= 0.3 is 11.9 Å². The number of ether oxygens (including phenoxy) is 2. The Kier molecular flexibility index (Phi) is 7.30. The van der Waals surface area contributed by atoms with E-state index in [0.717, 1.165) is 0 Å². The quantitative estimate of drug-likeness (QED) is 0.628. The topological polar surface area (TPSA) is 84.9 Å². The van der Waals surface area contributed by atoms with Gasteiger partial charge in [-0.1, -0.05) is 30.3 Å². The van der Waals surface area contributed by atoms with Crippen LogP contribution in [0.4, 0.5) is 10.1 Å². The maximum Gasteiger partial charge on any atom is 0.336 e. The van der Waals surface area contributed by atoms with Gasteiger partial charge in [0.15, 0.2) is 0 Å². The summed E-state index contributed by atoms with van der Waals surface area (Å²) in [6.07, 6.45) is -0.00276. The summed E-state index contributed by atoms with van der Waals surface area (Å²) in [4.78, 5) is 26.2. The molecule has 32 heavy (non-hydrogen) atoms. The van der Waals surface area contributed by atoms with E-state index >= 15 is 0 Å². The highest BCUT2D eigenvalue weighted by Crippen LogP contribution is 2.48. The molecule has 3 rings (SSSR count). The Hall–Kier alpha value is -3.19. The molecular formula is C25H28FNO5. The number of carbonyl (C=O) groups is 2. The number of halogens is 1. The van der Waals surface area contributed by atoms with Crippen molar-refractivity contribution in [3.63, 3.8) is 0 Å². The van der Waals surface area contributed by atoms with Crippen LogP contribution in [0.5, 0.6) is 0 Å². The van der Waals surface area contributed by atoms with Crippen molar-refractivity contribution in [3.8, 4) is 0 Å². The minimum Gasteiger partial charge on any atom is -0.466 e. The minimum absolute atomic E-state index is 0.00276. The number of esters is 2. The van der Waals surface area contributed by atoms with Crippen LogP contribution in [0.3, 0.4) is 0 Å². The summed E-state index contributed by atoms with van der Waals surface area (Å²) in [6.45, 7) is 5.16. The van der Waals surface area contributed by atoms with Crippen LogP contribution in [0.15, 0.2) is 65.9 Å². The molecule has 2 aromatic carbocycles. The highest BCUT2D eigenvalue weighted by Gasteiger charge is 2.52. The lowest BCUT2D eigenvalue weighted by Crippen LogP contribution is -2.49. The molecule has 7 heteroatoms. The Morgan fingerprint density at radius 2 is 1.69 bits per heavy atom. The summed E-state index contributed by atoms with van der Waals surface area (Å²) >= 11 is 0. The van der Waals surface area contributed by atoms with E-state index in [1.165, 1.54) is 24.3 Å². The Morgan fingerprint density at radius 1 is 1.06 bits per heavy atom. The predicted octanol–water partition coefficient (Wildman–Crippen LogP) is 4.17. The fourth-order valence-electron chi connectivity index (χ4n) is 4.19. The minimum atomic E-state index is -1.54. The first-order valence-electron chi connectivity index (χ1n) is 10.6. The number of para-hydroxylation sites is 1. The number of carbonyl (C=O) groups excluding carboxylic acids is 2. The van der Waals surface area contributed by atoms with Crippen molar-refractivity contribution in [3.05, 3.63) is 77.2 Å². The molecule has 0 amide bonds. The molecule has 170 valence electrons. The van der Waals surface area contributed by atoms with Gasteiger partial charge in [0.05, 0.1) is 30.3 Å². The summed E-state index contributed by atoms with van der Waals surface area (Å²) in [5, 5.41) is 14.6. The van der Waals surface area contributed by atoms with Crippen molar-refractivity contribution >= 4 is 17.6 Å². The SMILES string of the molecule is CCOC(=O)C1=C(Nc2ccccc2)C[C@](C)(O)[C@@H](C(=O)OCC)[C@H]1c1ccc(F)cc1. The van der Waals surface area contributed by atoms with Gasteiger partial charge in [-0.3, -0.25) is 4.79 Å². The van der Waals surface area contributed by atoms with E-state index in [0.29, 0.717) is 16.9 Å². The Balaban J connectivity index is 2.23. The molecule has 0 radical (unpaired) electrons. The molecule has 0 unspecified atom stereocenters. The molecule has 1 aliphatic carbocycles. The molecule has 0 saturated heterocycles. The van der Waals surface area contributed by atoms with Gasteiger partial charge in [0, 0.05) is 23.7 Å². The van der Waals surface area contributed by atoms with E-state index in [-0.39, 0.29) is 25.2 Å². The van der Waals surface area contributed by atoms with Crippen LogP contribution in [0.1, 0.15) is 38.7 Å². The summed E-state index contributed by atoms with van der Waals surface area (Å²) in [6, 6.07) is 14.7. The van der Waals surface area contributed by atoms with Crippen LogP contribution in [0, 0.1) is 11.7 Å². The van der Waals surface area contributed by atoms with Crippen molar-refractivity contribution in [2.75, 3.05) is 18.5 Å². The second-order valence-corrected chi connectivity index (χ2v) is 7.90. The standard InChI is InChI=1S/C25H28FNO5/c1-4-31-23(28)21-19(27-18-9-7-6-8-10-18)15-25(3,30)22(24(29)32-5-2)20(21)16-11-13-17(26)14-12-16/h6-14,20,22,27,30H,4-5,15H2,1-3H3/t20-,22+,25-/m0/s1. The molecule has 2 aromatic rings. The largest absolute Gasteiger partial charge is 0.466 e. The van der Waals surface area contributed by atoms with E-state index in [4.69, 9.17) is 9.47 Å². The molecule has 0 aliphatic heterocycles. The highest BCUT2D eigenvalue weighted by atomic mass is 19.1. The predicted molar refractivity (Wildman–Crippen MR) is 118 cm³/mol. The van der Waals surface area contributed by atoms with Gasteiger partial charge < -0.3 is 19.9 Å². The molecule has 0 aromatic heterocycles. The summed E-state index contributed by atoms with van der Waals surface area (Å²) in [5.41, 5.74) is 0.326. The zero-order valence-electron chi connectivity index (χ0n) is 18.4. The maximum absolute atomic E-state index is 13.7. The van der Waals surface area contributed by atoms with Gasteiger partial charge in [0.25, 0.3) is 0 Å². The number of anilines is 1. The zero-order valence-corrected chi connectivity index (χ0v) is 18.4. The van der Waals surface area contributed by atoms with Gasteiger partial charge in [-0.15, -0.1) is 0 Å². The third kappa shape index (κ3) is 4.99. The third-order valence-electron chi connectivity index (χ3n) is 5.51. The number of nitrogens with one attached hydrogen (secondary N) is 1. The van der Waals surface area contributed by atoms with Gasteiger partial charge in [-0.25, -0.2) is 9.18 Å². The summed E-state index contributed by atoms with van der Waals surface area (Å²) in [7, 11) is 0. The number of aliphatic hydroxyl groups is 1. The third-order valence-corrected chi connectivity index (χ3v) is 5.51. The number of hydrogen-bond acceptors (Lipinski definition) is 6. The Morgan fingerprint density at radius 3 is 2.28 bits per heavy atom. The van der Waals surface area contributed by atoms with Crippen molar-refractivity contribution in [1.29, 1.82) is 0 Å². The first-order chi connectivity index (χ1) is 15.3. The first-order valence-corrected chi connectivity index (χ1v) is 10.6. The van der Waals surface area contributed by atoms with Crippen molar-refractivity contribution in [2.24, 2.45) is 5.92 Å². The lowest BCUT2D eigenvalue weighted by molar-refractivity contribution is -0.159. The number of hydrogen-bond donors (Lipinski definition) is 2. The first kappa shape index (κ1) is 23.5. The van der Waals surface area contributed by atoms with Crippen molar-refractivity contribution in [2.45, 2.75) is 38.7 Å². The average molecular weight is 441 g/mol. The molecule has 2 N–H and O–H groups in total. The number of rotatable bonds is 7. The van der Waals surface area contributed by atoms with Crippen LogP contribution < -0.4 is 5.32 Å². The van der Waals surface area contributed by atoms with Crippen LogP contribution in [0.2, 0.25) is 0 Å². The molecule has 6 nitrogen and oxygen atoms in total. The molecular weight excluding hydrogens is 413 g/mol. The summed E-state index contributed by atoms with van der Waals surface area (Å²) < 4.78 is 24.3. The molecule has 0 spiro atoms. The smallest absolute Gasteiger partial charge is 0.336 e. The number of benzene rings is 2. The highest BCUT2D eigenvalue weighted by molar-refractivity contribution is 5.94. The molecule has 0 bridgehead atoms. The fraction of sp³-hybridized carbons (Fsp3) is 0.360. The van der Waals surface area contributed by atoms with Gasteiger partial charge in [0.2, 0.25) is 0 Å².